The van der Waals surface area contributed by atoms with Crippen molar-refractivity contribution in [3.05, 3.63) is 90.1 Å². The van der Waals surface area contributed by atoms with Gasteiger partial charge in [-0.2, -0.15) is 0 Å². The van der Waals surface area contributed by atoms with Crippen LogP contribution in [0.3, 0.4) is 0 Å². The van der Waals surface area contributed by atoms with Crippen molar-refractivity contribution in [3.63, 3.8) is 0 Å². The molecule has 1 aromatic carbocycles. The molecule has 0 saturated heterocycles. The Labute approximate surface area is 222 Å². The number of benzene rings is 1. The molecule has 0 radical (unpaired) electrons. The summed E-state index contributed by atoms with van der Waals surface area (Å²) in [7, 11) is 0. The molecule has 4 amide bonds. The molecule has 2 aliphatic heterocycles. The molecule has 9 nitrogen and oxygen atoms in total. The maximum Gasteiger partial charge on any atom is 0.332 e. The monoisotopic (exact) mass is 522 g/mol. The smallest absolute Gasteiger partial charge is 0.332 e. The summed E-state index contributed by atoms with van der Waals surface area (Å²) in [5, 5.41) is 6.48. The van der Waals surface area contributed by atoms with Gasteiger partial charge in [0, 0.05) is 24.0 Å². The molecule has 0 spiro atoms. The highest BCUT2D eigenvalue weighted by Crippen LogP contribution is 2.45. The molecule has 3 aromatic heterocycles. The summed E-state index contributed by atoms with van der Waals surface area (Å²) in [4.78, 5) is 52.1. The number of carbonyl (C=O) groups is 3. The molecule has 2 N–H and O–H groups in total. The third-order valence-electron chi connectivity index (χ3n) is 6.40. The molecule has 0 fully saturated rings. The SMILES string of the molecule is C=CC(=O)N1CCC=C(NC(=O)c2sc3nccc4c3c2NC(=O)N4c2cccc(-c3ccccc3)n2)C1. The van der Waals surface area contributed by atoms with E-state index in [1.54, 1.807) is 23.2 Å². The number of amides is 4. The van der Waals surface area contributed by atoms with Crippen LogP contribution in [0.4, 0.5) is 22.0 Å². The van der Waals surface area contributed by atoms with E-state index in [4.69, 9.17) is 4.98 Å². The molecular formula is C28H22N6O3S. The van der Waals surface area contributed by atoms with Crippen molar-refractivity contribution in [3.8, 4) is 11.3 Å². The van der Waals surface area contributed by atoms with E-state index in [2.05, 4.69) is 22.2 Å². The lowest BCUT2D eigenvalue weighted by molar-refractivity contribution is -0.125. The van der Waals surface area contributed by atoms with Gasteiger partial charge >= 0.3 is 6.03 Å². The highest BCUT2D eigenvalue weighted by atomic mass is 32.1. The van der Waals surface area contributed by atoms with Crippen LogP contribution in [0.5, 0.6) is 0 Å². The zero-order chi connectivity index (χ0) is 26.2. The molecule has 0 bridgehead atoms. The van der Waals surface area contributed by atoms with Gasteiger partial charge in [0.2, 0.25) is 5.91 Å². The van der Waals surface area contributed by atoms with Crippen molar-refractivity contribution in [1.29, 1.82) is 0 Å². The molecular weight excluding hydrogens is 500 g/mol. The molecule has 0 unspecified atom stereocenters. The van der Waals surface area contributed by atoms with Gasteiger partial charge in [-0.1, -0.05) is 49.1 Å². The number of hydrogen-bond acceptors (Lipinski definition) is 6. The van der Waals surface area contributed by atoms with Crippen molar-refractivity contribution in [2.75, 3.05) is 23.3 Å². The second-order valence-corrected chi connectivity index (χ2v) is 9.76. The van der Waals surface area contributed by atoms with E-state index < -0.39 is 6.03 Å². The number of hydrogen-bond donors (Lipinski definition) is 2. The van der Waals surface area contributed by atoms with Crippen LogP contribution in [-0.4, -0.2) is 45.8 Å². The van der Waals surface area contributed by atoms with E-state index >= 15 is 0 Å². The maximum absolute atomic E-state index is 13.4. The minimum atomic E-state index is -0.421. The van der Waals surface area contributed by atoms with Crippen LogP contribution in [0.1, 0.15) is 16.1 Å². The van der Waals surface area contributed by atoms with Gasteiger partial charge in [0.05, 0.1) is 29.0 Å². The predicted octanol–water partition coefficient (Wildman–Crippen LogP) is 5.07. The van der Waals surface area contributed by atoms with Crippen molar-refractivity contribution in [2.24, 2.45) is 0 Å². The van der Waals surface area contributed by atoms with Crippen LogP contribution in [0, 0.1) is 0 Å². The average molecular weight is 523 g/mol. The summed E-state index contributed by atoms with van der Waals surface area (Å²) in [5.41, 5.74) is 3.32. The molecule has 2 aliphatic rings. The van der Waals surface area contributed by atoms with E-state index in [1.165, 1.54) is 22.3 Å². The lowest BCUT2D eigenvalue weighted by Gasteiger charge is -2.28. The molecule has 38 heavy (non-hydrogen) atoms. The first-order valence-corrected chi connectivity index (χ1v) is 12.8. The van der Waals surface area contributed by atoms with Crippen molar-refractivity contribution in [1.82, 2.24) is 20.2 Å². The van der Waals surface area contributed by atoms with Crippen LogP contribution in [0.25, 0.3) is 21.5 Å². The Hall–Kier alpha value is -4.83. The molecule has 6 rings (SSSR count). The van der Waals surface area contributed by atoms with Crippen molar-refractivity contribution in [2.45, 2.75) is 6.42 Å². The molecule has 0 saturated carbocycles. The molecule has 5 heterocycles. The van der Waals surface area contributed by atoms with E-state index in [9.17, 15) is 14.4 Å². The van der Waals surface area contributed by atoms with Gasteiger partial charge in [0.15, 0.2) is 0 Å². The van der Waals surface area contributed by atoms with E-state index in [1.807, 2.05) is 48.5 Å². The largest absolute Gasteiger partial charge is 0.333 e. The number of anilines is 3. The molecule has 188 valence electrons. The van der Waals surface area contributed by atoms with Crippen LogP contribution < -0.4 is 15.5 Å². The van der Waals surface area contributed by atoms with Gasteiger partial charge in [-0.05, 0) is 30.7 Å². The first-order chi connectivity index (χ1) is 18.5. The van der Waals surface area contributed by atoms with Crippen LogP contribution >= 0.6 is 11.3 Å². The minimum absolute atomic E-state index is 0.187. The molecule has 0 atom stereocenters. The summed E-state index contributed by atoms with van der Waals surface area (Å²) in [6.45, 7) is 4.38. The minimum Gasteiger partial charge on any atom is -0.333 e. The summed E-state index contributed by atoms with van der Waals surface area (Å²) in [5.74, 6) is -0.0995. The molecule has 10 heteroatoms. The summed E-state index contributed by atoms with van der Waals surface area (Å²) >= 11 is 1.20. The second kappa shape index (κ2) is 9.56. The Balaban J connectivity index is 1.35. The lowest BCUT2D eigenvalue weighted by Crippen LogP contribution is -2.39. The number of carbonyl (C=O) groups excluding carboxylic acids is 3. The Kier molecular flexibility index (Phi) is 5.93. The van der Waals surface area contributed by atoms with Gasteiger partial charge in [0.1, 0.15) is 15.5 Å². The van der Waals surface area contributed by atoms with Gasteiger partial charge in [-0.3, -0.25) is 9.59 Å². The highest BCUT2D eigenvalue weighted by Gasteiger charge is 2.33. The number of nitrogens with zero attached hydrogens (tertiary/aromatic N) is 4. The maximum atomic E-state index is 13.4. The summed E-state index contributed by atoms with van der Waals surface area (Å²) in [6.07, 6.45) is 5.41. The average Bonchev–Trinajstić information content (AvgIpc) is 3.33. The normalized spacial score (nSPS) is 14.6. The zero-order valence-electron chi connectivity index (χ0n) is 20.2. The topological polar surface area (TPSA) is 108 Å². The fourth-order valence-corrected chi connectivity index (χ4v) is 5.66. The second-order valence-electron chi connectivity index (χ2n) is 8.77. The fourth-order valence-electron chi connectivity index (χ4n) is 4.64. The van der Waals surface area contributed by atoms with E-state index in [0.717, 1.165) is 11.3 Å². The van der Waals surface area contributed by atoms with Gasteiger partial charge in [0.25, 0.3) is 5.91 Å². The number of rotatable bonds is 5. The predicted molar refractivity (Wildman–Crippen MR) is 147 cm³/mol. The van der Waals surface area contributed by atoms with Crippen LogP contribution in [0.2, 0.25) is 0 Å². The number of pyridine rings is 2. The third kappa shape index (κ3) is 4.10. The zero-order valence-corrected chi connectivity index (χ0v) is 21.0. The van der Waals surface area contributed by atoms with Crippen molar-refractivity contribution < 1.29 is 14.4 Å². The first kappa shape index (κ1) is 23.6. The standard InChI is InChI=1S/C28H22N6O3S/c1-2-22(35)33-15-7-10-18(16-33)30-26(36)25-24-23-20(13-14-29-27(23)38-25)34(28(37)32-24)21-12-6-11-19(31-21)17-8-4-3-5-9-17/h2-6,8-14H,1,7,15-16H2,(H,30,36)(H,32,37). The number of aromatic nitrogens is 2. The first-order valence-electron chi connectivity index (χ1n) is 12.0. The van der Waals surface area contributed by atoms with E-state index in [-0.39, 0.29) is 18.4 Å². The molecule has 4 aromatic rings. The Morgan fingerprint density at radius 2 is 1.95 bits per heavy atom. The summed E-state index contributed by atoms with van der Waals surface area (Å²) in [6, 6.07) is 16.6. The van der Waals surface area contributed by atoms with Gasteiger partial charge in [-0.15, -0.1) is 11.3 Å². The highest BCUT2D eigenvalue weighted by molar-refractivity contribution is 7.21. The fraction of sp³-hybridized carbons (Fsp3) is 0.107. The molecule has 0 aliphatic carbocycles. The van der Waals surface area contributed by atoms with Crippen LogP contribution in [0.15, 0.2) is 85.2 Å². The number of thiophene rings is 1. The van der Waals surface area contributed by atoms with Gasteiger partial charge in [-0.25, -0.2) is 19.7 Å². The quantitative estimate of drug-likeness (QED) is 0.356. The third-order valence-corrected chi connectivity index (χ3v) is 7.49. The van der Waals surface area contributed by atoms with Gasteiger partial charge < -0.3 is 15.5 Å². The number of urea groups is 1. The summed E-state index contributed by atoms with van der Waals surface area (Å²) < 4.78 is 0. The van der Waals surface area contributed by atoms with Crippen LogP contribution in [-0.2, 0) is 4.79 Å². The van der Waals surface area contributed by atoms with Crippen molar-refractivity contribution >= 4 is 56.6 Å². The Morgan fingerprint density at radius 1 is 1.11 bits per heavy atom. The van der Waals surface area contributed by atoms with E-state index in [0.29, 0.717) is 50.9 Å². The lowest BCUT2D eigenvalue weighted by atomic mass is 10.1. The number of nitrogens with one attached hydrogen (secondary N) is 2. The Morgan fingerprint density at radius 3 is 2.76 bits per heavy atom. The Bertz CT molecular complexity index is 1650.